The highest BCUT2D eigenvalue weighted by atomic mass is 35.5. The first-order valence-electron chi connectivity index (χ1n) is 4.91. The van der Waals surface area contributed by atoms with Crippen molar-refractivity contribution < 1.29 is 18.8 Å². The van der Waals surface area contributed by atoms with Crippen molar-refractivity contribution in [2.24, 2.45) is 0 Å². The predicted octanol–water partition coefficient (Wildman–Crippen LogP) is 2.19. The van der Waals surface area contributed by atoms with Crippen LogP contribution in [0.5, 0.6) is 5.75 Å². The first-order chi connectivity index (χ1) is 8.65. The Balaban J connectivity index is 2.37. The zero-order valence-electron chi connectivity index (χ0n) is 9.64. The minimum Gasteiger partial charge on any atom is -0.497 e. The quantitative estimate of drug-likeness (QED) is 0.794. The number of hydrogen-bond acceptors (Lipinski definition) is 6. The molecule has 0 bridgehead atoms. The van der Waals surface area contributed by atoms with Crippen molar-refractivity contribution in [2.45, 2.75) is 0 Å². The molecule has 0 atom stereocenters. The van der Waals surface area contributed by atoms with Gasteiger partial charge in [-0.3, -0.25) is 0 Å². The highest BCUT2D eigenvalue weighted by molar-refractivity contribution is 6.33. The maximum absolute atomic E-state index is 11.2. The average molecular weight is 269 g/mol. The molecule has 0 aliphatic rings. The van der Waals surface area contributed by atoms with Gasteiger partial charge in [0.1, 0.15) is 5.75 Å². The molecule has 94 valence electrons. The molecular weight excluding hydrogens is 260 g/mol. The zero-order chi connectivity index (χ0) is 13.1. The second-order valence-corrected chi connectivity index (χ2v) is 3.67. The number of hydrogen-bond donors (Lipinski definition) is 0. The molecule has 7 heteroatoms. The molecule has 0 amide bonds. The highest BCUT2D eigenvalue weighted by Gasteiger charge is 2.18. The van der Waals surface area contributed by atoms with E-state index in [2.05, 4.69) is 14.9 Å². The number of esters is 1. The number of carbonyl (C=O) groups is 1. The second kappa shape index (κ2) is 5.05. The van der Waals surface area contributed by atoms with Gasteiger partial charge in [-0.05, 0) is 18.2 Å². The van der Waals surface area contributed by atoms with Crippen molar-refractivity contribution in [1.82, 2.24) is 10.1 Å². The zero-order valence-corrected chi connectivity index (χ0v) is 10.4. The minimum absolute atomic E-state index is 0.211. The molecule has 6 nitrogen and oxygen atoms in total. The monoisotopic (exact) mass is 268 g/mol. The van der Waals surface area contributed by atoms with Gasteiger partial charge in [0.05, 0.1) is 19.2 Å². The van der Waals surface area contributed by atoms with Gasteiger partial charge < -0.3 is 14.0 Å². The van der Waals surface area contributed by atoms with E-state index in [-0.39, 0.29) is 11.7 Å². The highest BCUT2D eigenvalue weighted by Crippen LogP contribution is 2.29. The van der Waals surface area contributed by atoms with Crippen LogP contribution in [0.25, 0.3) is 11.4 Å². The smallest absolute Gasteiger partial charge is 0.397 e. The average Bonchev–Trinajstić information content (AvgIpc) is 2.87. The SMILES string of the molecule is COC(=O)c1nc(-c2ccc(OC)cc2Cl)no1. The van der Waals surface area contributed by atoms with Gasteiger partial charge in [-0.2, -0.15) is 4.98 Å². The Morgan fingerprint density at radius 1 is 1.39 bits per heavy atom. The Hall–Kier alpha value is -2.08. The molecule has 1 aromatic heterocycles. The maximum Gasteiger partial charge on any atom is 0.397 e. The molecule has 0 unspecified atom stereocenters. The molecule has 1 heterocycles. The van der Waals surface area contributed by atoms with Crippen molar-refractivity contribution in [3.8, 4) is 17.1 Å². The largest absolute Gasteiger partial charge is 0.497 e. The number of ether oxygens (including phenoxy) is 2. The van der Waals surface area contributed by atoms with E-state index < -0.39 is 5.97 Å². The fourth-order valence-electron chi connectivity index (χ4n) is 1.31. The first kappa shape index (κ1) is 12.4. The topological polar surface area (TPSA) is 74.5 Å². The van der Waals surface area contributed by atoms with Crippen LogP contribution in [-0.4, -0.2) is 30.3 Å². The Labute approximate surface area is 107 Å². The molecule has 18 heavy (non-hydrogen) atoms. The van der Waals surface area contributed by atoms with E-state index in [1.807, 2.05) is 0 Å². The molecule has 2 aromatic rings. The van der Waals surface area contributed by atoms with E-state index in [1.165, 1.54) is 14.2 Å². The van der Waals surface area contributed by atoms with Gasteiger partial charge in [0.25, 0.3) is 0 Å². The lowest BCUT2D eigenvalue weighted by Crippen LogP contribution is -2.00. The van der Waals surface area contributed by atoms with E-state index in [1.54, 1.807) is 18.2 Å². The van der Waals surface area contributed by atoms with Crippen LogP contribution in [0.3, 0.4) is 0 Å². The van der Waals surface area contributed by atoms with E-state index in [9.17, 15) is 4.79 Å². The molecule has 0 radical (unpaired) electrons. The summed E-state index contributed by atoms with van der Waals surface area (Å²) in [6.07, 6.45) is 0. The summed E-state index contributed by atoms with van der Waals surface area (Å²) in [5, 5.41) is 4.05. The molecule has 0 aliphatic carbocycles. The molecule has 0 N–H and O–H groups in total. The van der Waals surface area contributed by atoms with Crippen molar-refractivity contribution in [3.05, 3.63) is 29.1 Å². The first-order valence-corrected chi connectivity index (χ1v) is 5.29. The summed E-state index contributed by atoms with van der Waals surface area (Å²) >= 11 is 6.05. The normalized spacial score (nSPS) is 10.2. The Morgan fingerprint density at radius 3 is 2.78 bits per heavy atom. The van der Waals surface area contributed by atoms with E-state index in [4.69, 9.17) is 20.9 Å². The van der Waals surface area contributed by atoms with Crippen molar-refractivity contribution in [1.29, 1.82) is 0 Å². The van der Waals surface area contributed by atoms with Crippen molar-refractivity contribution in [3.63, 3.8) is 0 Å². The van der Waals surface area contributed by atoms with Crippen molar-refractivity contribution in [2.75, 3.05) is 14.2 Å². The summed E-state index contributed by atoms with van der Waals surface area (Å²) in [4.78, 5) is 15.1. The van der Waals surface area contributed by atoms with Crippen LogP contribution in [0.15, 0.2) is 22.7 Å². The summed E-state index contributed by atoms with van der Waals surface area (Å²) in [5.41, 5.74) is 0.538. The summed E-state index contributed by atoms with van der Waals surface area (Å²) in [5.74, 6) is -0.0961. The van der Waals surface area contributed by atoms with Gasteiger partial charge in [0.2, 0.25) is 5.82 Å². The lowest BCUT2D eigenvalue weighted by atomic mass is 10.2. The number of halogens is 1. The molecule has 0 saturated carbocycles. The van der Waals surface area contributed by atoms with Crippen LogP contribution in [-0.2, 0) is 4.74 Å². The summed E-state index contributed by atoms with van der Waals surface area (Å²) in [6.45, 7) is 0. The molecule has 0 spiro atoms. The standard InChI is InChI=1S/C11H9ClN2O4/c1-16-6-3-4-7(8(12)5-6)9-13-10(18-14-9)11(15)17-2/h3-5H,1-2H3. The molecular formula is C11H9ClN2O4. The Bertz CT molecular complexity index is 582. The summed E-state index contributed by atoms with van der Waals surface area (Å²) in [7, 11) is 2.77. The minimum atomic E-state index is -0.696. The molecule has 0 saturated heterocycles. The van der Waals surface area contributed by atoms with Gasteiger partial charge in [-0.15, -0.1) is 0 Å². The number of benzene rings is 1. The maximum atomic E-state index is 11.2. The number of methoxy groups -OCH3 is 2. The Kier molecular flexibility index (Phi) is 3.47. The number of aromatic nitrogens is 2. The van der Waals surface area contributed by atoms with Crippen molar-refractivity contribution >= 4 is 17.6 Å². The van der Waals surface area contributed by atoms with Crippen LogP contribution in [0.4, 0.5) is 0 Å². The second-order valence-electron chi connectivity index (χ2n) is 3.26. The van der Waals surface area contributed by atoms with E-state index in [0.29, 0.717) is 16.3 Å². The van der Waals surface area contributed by atoms with Crippen LogP contribution in [0, 0.1) is 0 Å². The number of rotatable bonds is 3. The van der Waals surface area contributed by atoms with E-state index in [0.717, 1.165) is 0 Å². The molecule has 0 aliphatic heterocycles. The van der Waals surface area contributed by atoms with Gasteiger partial charge in [0, 0.05) is 5.56 Å². The summed E-state index contributed by atoms with van der Waals surface area (Å²) < 4.78 is 14.2. The third-order valence-electron chi connectivity index (χ3n) is 2.20. The Morgan fingerprint density at radius 2 is 2.17 bits per heavy atom. The van der Waals surface area contributed by atoms with Gasteiger partial charge >= 0.3 is 11.9 Å². The van der Waals surface area contributed by atoms with Crippen LogP contribution in [0.1, 0.15) is 10.7 Å². The van der Waals surface area contributed by atoms with Crippen LogP contribution in [0.2, 0.25) is 5.02 Å². The van der Waals surface area contributed by atoms with Gasteiger partial charge in [-0.25, -0.2) is 4.79 Å². The number of carbonyl (C=O) groups excluding carboxylic acids is 1. The van der Waals surface area contributed by atoms with Gasteiger partial charge in [0.15, 0.2) is 0 Å². The summed E-state index contributed by atoms with van der Waals surface area (Å²) in [6, 6.07) is 4.99. The van der Waals surface area contributed by atoms with Crippen LogP contribution < -0.4 is 4.74 Å². The van der Waals surface area contributed by atoms with E-state index >= 15 is 0 Å². The molecule has 2 rings (SSSR count). The third kappa shape index (κ3) is 2.28. The fraction of sp³-hybridized carbons (Fsp3) is 0.182. The van der Waals surface area contributed by atoms with Crippen LogP contribution >= 0.6 is 11.6 Å². The third-order valence-corrected chi connectivity index (χ3v) is 2.52. The predicted molar refractivity (Wildman–Crippen MR) is 62.6 cm³/mol. The molecule has 1 aromatic carbocycles. The van der Waals surface area contributed by atoms with Gasteiger partial charge in [-0.1, -0.05) is 16.8 Å². The lowest BCUT2D eigenvalue weighted by molar-refractivity contribution is 0.0545. The molecule has 0 fully saturated rings. The number of nitrogens with zero attached hydrogens (tertiary/aromatic N) is 2. The lowest BCUT2D eigenvalue weighted by Gasteiger charge is -2.02. The fourth-order valence-corrected chi connectivity index (χ4v) is 1.56.